The highest BCUT2D eigenvalue weighted by Gasteiger charge is 2.48. The average molecular weight is 538 g/mol. The van der Waals surface area contributed by atoms with Gasteiger partial charge in [0.25, 0.3) is 5.91 Å². The molecule has 3 fully saturated rings. The summed E-state index contributed by atoms with van der Waals surface area (Å²) in [6.07, 6.45) is 5.60. The predicted molar refractivity (Wildman–Crippen MR) is 140 cm³/mol. The molecule has 0 spiro atoms. The summed E-state index contributed by atoms with van der Waals surface area (Å²) in [5.74, 6) is -1.02. The Kier molecular flexibility index (Phi) is 6.34. The van der Waals surface area contributed by atoms with Crippen molar-refractivity contribution in [2.24, 2.45) is 11.7 Å². The van der Waals surface area contributed by atoms with E-state index in [4.69, 9.17) is 17.3 Å². The van der Waals surface area contributed by atoms with Crippen LogP contribution in [0.25, 0.3) is 10.9 Å². The Morgan fingerprint density at radius 2 is 1.95 bits per heavy atom. The lowest BCUT2D eigenvalue weighted by atomic mass is 10.0. The Balaban J connectivity index is 1.24. The number of carbonyl (C=O) groups is 3. The normalized spacial score (nSPS) is 22.6. The number of hydrogen-bond acceptors (Lipinski definition) is 4. The van der Waals surface area contributed by atoms with Crippen LogP contribution in [0.15, 0.2) is 36.4 Å². The van der Waals surface area contributed by atoms with Gasteiger partial charge in [0.1, 0.15) is 18.4 Å². The number of halogens is 2. The second kappa shape index (κ2) is 9.69. The number of nitrogens with one attached hydrogen (secondary N) is 1. The molecule has 10 heteroatoms. The van der Waals surface area contributed by atoms with Crippen molar-refractivity contribution in [3.63, 3.8) is 0 Å². The Bertz CT molecular complexity index is 1450. The van der Waals surface area contributed by atoms with Gasteiger partial charge in [0.15, 0.2) is 5.69 Å². The van der Waals surface area contributed by atoms with Gasteiger partial charge in [-0.05, 0) is 67.7 Å². The van der Waals surface area contributed by atoms with Gasteiger partial charge in [0.2, 0.25) is 11.8 Å². The van der Waals surface area contributed by atoms with Gasteiger partial charge in [-0.3, -0.25) is 19.1 Å². The monoisotopic (exact) mass is 537 g/mol. The zero-order valence-corrected chi connectivity index (χ0v) is 21.6. The minimum atomic E-state index is -0.654. The number of rotatable bonds is 7. The zero-order chi connectivity index (χ0) is 26.6. The summed E-state index contributed by atoms with van der Waals surface area (Å²) in [4.78, 5) is 40.9. The van der Waals surface area contributed by atoms with Crippen molar-refractivity contribution in [3.05, 3.63) is 64.1 Å². The quantitative estimate of drug-likeness (QED) is 0.476. The molecule has 2 heterocycles. The predicted octanol–water partition coefficient (Wildman–Crippen LogP) is 3.89. The molecule has 1 aromatic heterocycles. The number of primary amides is 1. The largest absolute Gasteiger partial charge is 0.364 e. The molecule has 0 radical (unpaired) electrons. The minimum Gasteiger partial charge on any atom is -0.364 e. The number of fused-ring (bicyclic) bond motifs is 2. The molecule has 1 aliphatic heterocycles. The standard InChI is InChI=1S/C28H29ClFN5O3/c29-20-5-1-4-18(25(20)30)13-32-28(38)23-12-17-3-2-6-21(17)35(23)24(36)14-34-22-10-9-16(15-7-8-15)11-19(22)26(33-34)27(31)37/h1,4-5,9-11,15,17,21,23H,2-3,6-8,12-14H2,(H2,31,37)(H,32,38)/t17-,21-,23-/m0/s1. The summed E-state index contributed by atoms with van der Waals surface area (Å²) in [7, 11) is 0. The van der Waals surface area contributed by atoms with Gasteiger partial charge in [-0.15, -0.1) is 0 Å². The van der Waals surface area contributed by atoms with Crippen LogP contribution in [0.3, 0.4) is 0 Å². The lowest BCUT2D eigenvalue weighted by Gasteiger charge is -2.29. The van der Waals surface area contributed by atoms with Crippen molar-refractivity contribution in [3.8, 4) is 0 Å². The lowest BCUT2D eigenvalue weighted by molar-refractivity contribution is -0.141. The van der Waals surface area contributed by atoms with Crippen LogP contribution in [-0.4, -0.2) is 44.5 Å². The molecule has 198 valence electrons. The van der Waals surface area contributed by atoms with E-state index >= 15 is 0 Å². The first-order chi connectivity index (χ1) is 18.3. The number of nitrogens with two attached hydrogens (primary N) is 1. The van der Waals surface area contributed by atoms with E-state index in [9.17, 15) is 18.8 Å². The zero-order valence-electron chi connectivity index (χ0n) is 20.8. The van der Waals surface area contributed by atoms with E-state index in [1.165, 1.54) is 10.7 Å². The van der Waals surface area contributed by atoms with Crippen molar-refractivity contribution in [2.75, 3.05) is 0 Å². The third kappa shape index (κ3) is 4.42. The second-order valence-electron chi connectivity index (χ2n) is 10.7. The number of benzene rings is 2. The van der Waals surface area contributed by atoms with Crippen molar-refractivity contribution >= 4 is 40.2 Å². The lowest BCUT2D eigenvalue weighted by Crippen LogP contribution is -2.49. The first-order valence-corrected chi connectivity index (χ1v) is 13.5. The molecule has 2 aromatic carbocycles. The van der Waals surface area contributed by atoms with E-state index < -0.39 is 17.8 Å². The van der Waals surface area contributed by atoms with E-state index in [1.54, 1.807) is 17.0 Å². The Labute approximate surface area is 224 Å². The van der Waals surface area contributed by atoms with Crippen molar-refractivity contribution < 1.29 is 18.8 Å². The Hall–Kier alpha value is -3.46. The minimum absolute atomic E-state index is 0.00465. The second-order valence-corrected chi connectivity index (χ2v) is 11.1. The number of likely N-dealkylation sites (tertiary alicyclic amines) is 1. The molecule has 6 rings (SSSR count). The van der Waals surface area contributed by atoms with Crippen molar-refractivity contribution in [1.29, 1.82) is 0 Å². The van der Waals surface area contributed by atoms with Crippen LogP contribution >= 0.6 is 11.6 Å². The topological polar surface area (TPSA) is 110 Å². The molecule has 0 unspecified atom stereocenters. The van der Waals surface area contributed by atoms with Crippen LogP contribution in [-0.2, 0) is 22.7 Å². The van der Waals surface area contributed by atoms with Gasteiger partial charge < -0.3 is 16.0 Å². The molecule has 1 saturated heterocycles. The Morgan fingerprint density at radius 1 is 1.13 bits per heavy atom. The van der Waals surface area contributed by atoms with Crippen LogP contribution < -0.4 is 11.1 Å². The first-order valence-electron chi connectivity index (χ1n) is 13.1. The fraction of sp³-hybridized carbons (Fsp3) is 0.429. The van der Waals surface area contributed by atoms with Crippen LogP contribution in [0, 0.1) is 11.7 Å². The molecule has 2 saturated carbocycles. The molecule has 2 aliphatic carbocycles. The number of amides is 3. The fourth-order valence-electron chi connectivity index (χ4n) is 6.25. The van der Waals surface area contributed by atoms with Crippen molar-refractivity contribution in [1.82, 2.24) is 20.0 Å². The molecule has 3 N–H and O–H groups in total. The molecule has 8 nitrogen and oxygen atoms in total. The van der Waals surface area contributed by atoms with E-state index in [2.05, 4.69) is 10.4 Å². The van der Waals surface area contributed by atoms with Gasteiger partial charge in [-0.25, -0.2) is 4.39 Å². The van der Waals surface area contributed by atoms with Crippen LogP contribution in [0.4, 0.5) is 4.39 Å². The van der Waals surface area contributed by atoms with Crippen LogP contribution in [0.1, 0.15) is 66.1 Å². The fourth-order valence-corrected chi connectivity index (χ4v) is 6.44. The van der Waals surface area contributed by atoms with Gasteiger partial charge >= 0.3 is 0 Å². The number of aromatic nitrogens is 2. The molecule has 3 amide bonds. The number of hydrogen-bond donors (Lipinski definition) is 2. The van der Waals surface area contributed by atoms with Gasteiger partial charge in [-0.1, -0.05) is 36.2 Å². The van der Waals surface area contributed by atoms with E-state index in [1.807, 2.05) is 18.2 Å². The number of carbonyl (C=O) groups excluding carboxylic acids is 3. The Morgan fingerprint density at radius 3 is 2.71 bits per heavy atom. The molecule has 38 heavy (non-hydrogen) atoms. The van der Waals surface area contributed by atoms with Crippen LogP contribution in [0.5, 0.6) is 0 Å². The molecule has 3 aromatic rings. The maximum Gasteiger partial charge on any atom is 0.269 e. The molecule has 3 aliphatic rings. The van der Waals surface area contributed by atoms with E-state index in [0.717, 1.165) is 37.7 Å². The third-order valence-corrected chi connectivity index (χ3v) is 8.55. The summed E-state index contributed by atoms with van der Waals surface area (Å²) in [6.45, 7) is -0.128. The smallest absolute Gasteiger partial charge is 0.269 e. The van der Waals surface area contributed by atoms with Gasteiger partial charge in [0, 0.05) is 23.5 Å². The summed E-state index contributed by atoms with van der Waals surface area (Å²) in [5, 5.41) is 7.85. The highest BCUT2D eigenvalue weighted by Crippen LogP contribution is 2.42. The third-order valence-electron chi connectivity index (χ3n) is 8.26. The maximum absolute atomic E-state index is 14.3. The van der Waals surface area contributed by atoms with Crippen molar-refractivity contribution in [2.45, 2.75) is 69.6 Å². The number of nitrogens with zero attached hydrogens (tertiary/aromatic N) is 3. The van der Waals surface area contributed by atoms with E-state index in [0.29, 0.717) is 23.2 Å². The molecular formula is C28H29ClFN5O3. The summed E-state index contributed by atoms with van der Waals surface area (Å²) < 4.78 is 15.9. The summed E-state index contributed by atoms with van der Waals surface area (Å²) >= 11 is 5.87. The highest BCUT2D eigenvalue weighted by molar-refractivity contribution is 6.30. The summed E-state index contributed by atoms with van der Waals surface area (Å²) in [5.41, 5.74) is 7.86. The van der Waals surface area contributed by atoms with E-state index in [-0.39, 0.29) is 53.1 Å². The SMILES string of the molecule is NC(=O)c1nn(CC(=O)N2[C@H](C(=O)NCc3cccc(Cl)c3F)C[C@@H]3CCC[C@@H]32)c2ccc(C3CC3)cc12. The van der Waals surface area contributed by atoms with Gasteiger partial charge in [0.05, 0.1) is 10.5 Å². The maximum atomic E-state index is 14.3. The summed E-state index contributed by atoms with van der Waals surface area (Å²) in [6, 6.07) is 9.83. The average Bonchev–Trinajstić information content (AvgIpc) is 3.38. The highest BCUT2D eigenvalue weighted by atomic mass is 35.5. The van der Waals surface area contributed by atoms with Gasteiger partial charge in [-0.2, -0.15) is 5.10 Å². The molecule has 3 atom stereocenters. The first kappa shape index (κ1) is 24.9. The van der Waals surface area contributed by atoms with Crippen LogP contribution in [0.2, 0.25) is 5.02 Å². The molecular weight excluding hydrogens is 509 g/mol. The molecule has 0 bridgehead atoms.